The highest BCUT2D eigenvalue weighted by atomic mass is 35.5. The number of hydrogen-bond donors (Lipinski definition) is 2. The third kappa shape index (κ3) is 5.54. The molecule has 28 heavy (non-hydrogen) atoms. The van der Waals surface area contributed by atoms with Gasteiger partial charge in [-0.15, -0.1) is 0 Å². The molecule has 0 saturated heterocycles. The van der Waals surface area contributed by atoms with Crippen LogP contribution in [0.15, 0.2) is 54.6 Å². The first-order valence-electron chi connectivity index (χ1n) is 9.28. The normalized spacial score (nSPS) is 10.5. The van der Waals surface area contributed by atoms with Crippen LogP contribution >= 0.6 is 11.6 Å². The summed E-state index contributed by atoms with van der Waals surface area (Å²) in [4.78, 5) is 21.3. The second-order valence-electron chi connectivity index (χ2n) is 6.53. The van der Waals surface area contributed by atoms with Crippen LogP contribution < -0.4 is 10.6 Å². The van der Waals surface area contributed by atoms with Crippen LogP contribution in [0.3, 0.4) is 0 Å². The quantitative estimate of drug-likeness (QED) is 0.597. The largest absolute Gasteiger partial charge is 0.354 e. The molecule has 5 nitrogen and oxygen atoms in total. The summed E-state index contributed by atoms with van der Waals surface area (Å²) in [6.45, 7) is 4.60. The van der Waals surface area contributed by atoms with E-state index in [1.807, 2.05) is 55.5 Å². The van der Waals surface area contributed by atoms with Crippen LogP contribution in [0.25, 0.3) is 0 Å². The monoisotopic (exact) mass is 394 g/mol. The predicted octanol–water partition coefficient (Wildman–Crippen LogP) is 4.91. The van der Waals surface area contributed by atoms with Crippen molar-refractivity contribution in [3.05, 3.63) is 82.1 Å². The van der Waals surface area contributed by atoms with Crippen LogP contribution in [0.5, 0.6) is 0 Å². The van der Waals surface area contributed by atoms with Crippen molar-refractivity contribution in [3.8, 4) is 0 Å². The Hall–Kier alpha value is -2.92. The zero-order valence-electron chi connectivity index (χ0n) is 16.0. The van der Waals surface area contributed by atoms with Gasteiger partial charge in [0, 0.05) is 22.9 Å². The number of aryl methyl sites for hydroxylation is 2. The van der Waals surface area contributed by atoms with Gasteiger partial charge in [0.1, 0.15) is 5.69 Å². The van der Waals surface area contributed by atoms with Crippen molar-refractivity contribution in [1.82, 2.24) is 9.97 Å². The molecule has 2 N–H and O–H groups in total. The van der Waals surface area contributed by atoms with Gasteiger partial charge in [0.2, 0.25) is 5.95 Å². The fraction of sp³-hybridized carbons (Fsp3) is 0.227. The van der Waals surface area contributed by atoms with E-state index in [9.17, 15) is 4.79 Å². The van der Waals surface area contributed by atoms with Crippen molar-refractivity contribution in [2.75, 3.05) is 17.2 Å². The fourth-order valence-corrected chi connectivity index (χ4v) is 2.88. The number of anilines is 2. The topological polar surface area (TPSA) is 66.9 Å². The summed E-state index contributed by atoms with van der Waals surface area (Å²) in [5, 5.41) is 6.79. The fourth-order valence-electron chi connectivity index (χ4n) is 2.75. The number of carbonyl (C=O) groups excluding carboxylic acids is 1. The lowest BCUT2D eigenvalue weighted by atomic mass is 10.1. The molecule has 144 valence electrons. The van der Waals surface area contributed by atoms with Gasteiger partial charge in [-0.2, -0.15) is 0 Å². The Kier molecular flexibility index (Phi) is 6.61. The molecule has 3 rings (SSSR count). The van der Waals surface area contributed by atoms with E-state index >= 15 is 0 Å². The van der Waals surface area contributed by atoms with E-state index < -0.39 is 0 Å². The second kappa shape index (κ2) is 9.33. The van der Waals surface area contributed by atoms with Crippen molar-refractivity contribution in [2.45, 2.75) is 26.7 Å². The lowest BCUT2D eigenvalue weighted by Gasteiger charge is -2.09. The number of halogens is 1. The van der Waals surface area contributed by atoms with E-state index in [0.29, 0.717) is 18.2 Å². The maximum atomic E-state index is 12.6. The Labute approximate surface area is 170 Å². The van der Waals surface area contributed by atoms with Gasteiger partial charge >= 0.3 is 0 Å². The number of rotatable bonds is 7. The first-order chi connectivity index (χ1) is 13.5. The van der Waals surface area contributed by atoms with Crippen LogP contribution in [0.2, 0.25) is 5.02 Å². The summed E-state index contributed by atoms with van der Waals surface area (Å²) >= 11 is 5.91. The average molecular weight is 395 g/mol. The molecule has 0 aliphatic rings. The Morgan fingerprint density at radius 2 is 1.68 bits per heavy atom. The summed E-state index contributed by atoms with van der Waals surface area (Å²) in [5.41, 5.74) is 4.20. The molecule has 2 aromatic carbocycles. The minimum absolute atomic E-state index is 0.254. The van der Waals surface area contributed by atoms with Crippen LogP contribution in [0.4, 0.5) is 11.6 Å². The van der Waals surface area contributed by atoms with E-state index in [1.54, 1.807) is 6.07 Å². The van der Waals surface area contributed by atoms with E-state index in [-0.39, 0.29) is 5.91 Å². The van der Waals surface area contributed by atoms with Crippen LogP contribution in [0, 0.1) is 6.92 Å². The zero-order chi connectivity index (χ0) is 19.9. The molecular formula is C22H23ClN4O. The molecule has 1 amide bonds. The molecule has 6 heteroatoms. The first-order valence-corrected chi connectivity index (χ1v) is 9.65. The van der Waals surface area contributed by atoms with Crippen molar-refractivity contribution < 1.29 is 4.79 Å². The Morgan fingerprint density at radius 3 is 2.36 bits per heavy atom. The SMILES string of the molecule is CCc1ccc(NC(=O)c2cc(C)nc(NCCc3ccc(Cl)cc3)n2)cc1. The van der Waals surface area contributed by atoms with Gasteiger partial charge in [-0.25, -0.2) is 9.97 Å². The molecule has 0 atom stereocenters. The van der Waals surface area contributed by atoms with Gasteiger partial charge in [-0.3, -0.25) is 4.79 Å². The Bertz CT molecular complexity index is 940. The van der Waals surface area contributed by atoms with Gasteiger partial charge < -0.3 is 10.6 Å². The number of benzene rings is 2. The lowest BCUT2D eigenvalue weighted by Crippen LogP contribution is -2.17. The van der Waals surface area contributed by atoms with E-state index in [1.165, 1.54) is 5.56 Å². The molecule has 0 saturated carbocycles. The van der Waals surface area contributed by atoms with Gasteiger partial charge in [0.15, 0.2) is 0 Å². The van der Waals surface area contributed by atoms with E-state index in [2.05, 4.69) is 27.5 Å². The molecule has 0 unspecified atom stereocenters. The highest BCUT2D eigenvalue weighted by Crippen LogP contribution is 2.13. The maximum absolute atomic E-state index is 12.6. The van der Waals surface area contributed by atoms with Crippen molar-refractivity contribution in [1.29, 1.82) is 0 Å². The van der Waals surface area contributed by atoms with Crippen molar-refractivity contribution >= 4 is 29.1 Å². The number of nitrogens with one attached hydrogen (secondary N) is 2. The summed E-state index contributed by atoms with van der Waals surface area (Å²) in [5.74, 6) is 0.191. The molecule has 3 aromatic rings. The Morgan fingerprint density at radius 1 is 1.00 bits per heavy atom. The summed E-state index contributed by atoms with van der Waals surface area (Å²) in [6.07, 6.45) is 1.77. The van der Waals surface area contributed by atoms with Crippen LogP contribution in [0.1, 0.15) is 34.2 Å². The third-order valence-electron chi connectivity index (χ3n) is 4.32. The molecule has 0 fully saturated rings. The minimum atomic E-state index is -0.254. The van der Waals surface area contributed by atoms with E-state index in [0.717, 1.165) is 34.8 Å². The van der Waals surface area contributed by atoms with Crippen LogP contribution in [-0.4, -0.2) is 22.4 Å². The number of aromatic nitrogens is 2. The predicted molar refractivity (Wildman–Crippen MR) is 114 cm³/mol. The summed E-state index contributed by atoms with van der Waals surface area (Å²) < 4.78 is 0. The standard InChI is InChI=1S/C22H23ClN4O/c1-3-16-6-10-19(11-7-16)26-21(28)20-14-15(2)25-22(27-20)24-13-12-17-4-8-18(23)9-5-17/h4-11,14H,3,12-13H2,1-2H3,(H,26,28)(H,24,25,27). The lowest BCUT2D eigenvalue weighted by molar-refractivity contribution is 0.102. The smallest absolute Gasteiger partial charge is 0.274 e. The van der Waals surface area contributed by atoms with Crippen molar-refractivity contribution in [3.63, 3.8) is 0 Å². The molecule has 1 heterocycles. The average Bonchev–Trinajstić information content (AvgIpc) is 2.69. The molecule has 0 bridgehead atoms. The Balaban J connectivity index is 1.62. The van der Waals surface area contributed by atoms with Gasteiger partial charge in [-0.05, 0) is 61.2 Å². The summed E-state index contributed by atoms with van der Waals surface area (Å²) in [7, 11) is 0. The minimum Gasteiger partial charge on any atom is -0.354 e. The highest BCUT2D eigenvalue weighted by Gasteiger charge is 2.11. The van der Waals surface area contributed by atoms with E-state index in [4.69, 9.17) is 11.6 Å². The second-order valence-corrected chi connectivity index (χ2v) is 6.96. The van der Waals surface area contributed by atoms with Crippen LogP contribution in [-0.2, 0) is 12.8 Å². The molecule has 0 aliphatic heterocycles. The number of nitrogens with zero attached hydrogens (tertiary/aromatic N) is 2. The van der Waals surface area contributed by atoms with Crippen molar-refractivity contribution in [2.24, 2.45) is 0 Å². The first kappa shape index (κ1) is 19.8. The molecule has 0 aliphatic carbocycles. The van der Waals surface area contributed by atoms with Gasteiger partial charge in [0.25, 0.3) is 5.91 Å². The molecule has 0 radical (unpaired) electrons. The summed E-state index contributed by atoms with van der Waals surface area (Å²) in [6, 6.07) is 17.2. The number of amides is 1. The third-order valence-corrected chi connectivity index (χ3v) is 4.57. The maximum Gasteiger partial charge on any atom is 0.274 e. The molecule has 0 spiro atoms. The number of carbonyl (C=O) groups is 1. The zero-order valence-corrected chi connectivity index (χ0v) is 16.8. The van der Waals surface area contributed by atoms with Gasteiger partial charge in [-0.1, -0.05) is 42.8 Å². The molecule has 1 aromatic heterocycles. The molecular weight excluding hydrogens is 372 g/mol. The van der Waals surface area contributed by atoms with Gasteiger partial charge in [0.05, 0.1) is 0 Å². The number of hydrogen-bond acceptors (Lipinski definition) is 4. The highest BCUT2D eigenvalue weighted by molar-refractivity contribution is 6.30.